The minimum Gasteiger partial charge on any atom is -0.464 e. The smallest absolute Gasteiger partial charge is 0.137 e. The zero-order chi connectivity index (χ0) is 12.5. The van der Waals surface area contributed by atoms with Crippen LogP contribution in [0.2, 0.25) is 0 Å². The van der Waals surface area contributed by atoms with E-state index in [0.717, 1.165) is 42.5 Å². The van der Waals surface area contributed by atoms with Gasteiger partial charge in [0, 0.05) is 10.9 Å². The lowest BCUT2D eigenvalue weighted by Gasteiger charge is -2.31. The third-order valence-corrected chi connectivity index (χ3v) is 4.08. The number of rotatable bonds is 2. The first-order valence-corrected chi connectivity index (χ1v) is 6.67. The lowest BCUT2D eigenvalue weighted by molar-refractivity contribution is 0.317. The monoisotopic (exact) mass is 247 g/mol. The SMILES string of the molecule is CC[C@H]1CNCC[C@H]1c1cc(F)cc2ccoc12. The van der Waals surface area contributed by atoms with E-state index in [1.165, 1.54) is 0 Å². The average Bonchev–Trinajstić information content (AvgIpc) is 2.85. The van der Waals surface area contributed by atoms with Gasteiger partial charge in [0.05, 0.1) is 6.26 Å². The van der Waals surface area contributed by atoms with Crippen molar-refractivity contribution in [2.45, 2.75) is 25.7 Å². The van der Waals surface area contributed by atoms with Gasteiger partial charge in [-0.15, -0.1) is 0 Å². The maximum Gasteiger partial charge on any atom is 0.137 e. The maximum absolute atomic E-state index is 13.7. The molecule has 1 fully saturated rings. The third-order valence-electron chi connectivity index (χ3n) is 4.08. The summed E-state index contributed by atoms with van der Waals surface area (Å²) in [7, 11) is 0. The Balaban J connectivity index is 2.08. The molecule has 1 saturated heterocycles. The minimum absolute atomic E-state index is 0.160. The molecular weight excluding hydrogens is 229 g/mol. The van der Waals surface area contributed by atoms with Crippen molar-refractivity contribution in [1.29, 1.82) is 0 Å². The minimum atomic E-state index is -0.160. The predicted octanol–water partition coefficient (Wildman–Crippen LogP) is 3.68. The van der Waals surface area contributed by atoms with Crippen LogP contribution in [0.5, 0.6) is 0 Å². The first-order valence-electron chi connectivity index (χ1n) is 6.67. The Morgan fingerprint density at radius 2 is 2.33 bits per heavy atom. The summed E-state index contributed by atoms with van der Waals surface area (Å²) in [5.41, 5.74) is 1.91. The van der Waals surface area contributed by atoms with Crippen LogP contribution in [-0.4, -0.2) is 13.1 Å². The van der Waals surface area contributed by atoms with Crippen molar-refractivity contribution in [1.82, 2.24) is 5.32 Å². The van der Waals surface area contributed by atoms with Gasteiger partial charge in [-0.1, -0.05) is 13.3 Å². The molecule has 1 aliphatic rings. The normalized spacial score (nSPS) is 24.6. The fourth-order valence-corrected chi connectivity index (χ4v) is 3.11. The van der Waals surface area contributed by atoms with Crippen molar-refractivity contribution in [2.24, 2.45) is 5.92 Å². The maximum atomic E-state index is 13.7. The molecule has 0 radical (unpaired) electrons. The van der Waals surface area contributed by atoms with Gasteiger partial charge < -0.3 is 9.73 Å². The van der Waals surface area contributed by atoms with E-state index in [1.54, 1.807) is 18.4 Å². The van der Waals surface area contributed by atoms with E-state index < -0.39 is 0 Å². The van der Waals surface area contributed by atoms with E-state index in [0.29, 0.717) is 11.8 Å². The molecule has 0 amide bonds. The van der Waals surface area contributed by atoms with E-state index in [4.69, 9.17) is 4.42 Å². The van der Waals surface area contributed by atoms with Gasteiger partial charge in [0.2, 0.25) is 0 Å². The molecule has 2 nitrogen and oxygen atoms in total. The van der Waals surface area contributed by atoms with Crippen LogP contribution in [0, 0.1) is 11.7 Å². The molecule has 0 saturated carbocycles. The Kier molecular flexibility index (Phi) is 3.08. The largest absolute Gasteiger partial charge is 0.464 e. The number of fused-ring (bicyclic) bond motifs is 1. The van der Waals surface area contributed by atoms with Crippen molar-refractivity contribution in [3.8, 4) is 0 Å². The number of hydrogen-bond acceptors (Lipinski definition) is 2. The van der Waals surface area contributed by atoms with Gasteiger partial charge in [-0.05, 0) is 49.5 Å². The fraction of sp³-hybridized carbons (Fsp3) is 0.467. The Hall–Kier alpha value is -1.35. The van der Waals surface area contributed by atoms with Gasteiger partial charge in [0.1, 0.15) is 11.4 Å². The van der Waals surface area contributed by atoms with Crippen LogP contribution < -0.4 is 5.32 Å². The molecule has 2 aromatic rings. The van der Waals surface area contributed by atoms with Crippen molar-refractivity contribution in [3.63, 3.8) is 0 Å². The first-order chi connectivity index (χ1) is 8.79. The molecule has 96 valence electrons. The average molecular weight is 247 g/mol. The highest BCUT2D eigenvalue weighted by atomic mass is 19.1. The Bertz CT molecular complexity index is 548. The highest BCUT2D eigenvalue weighted by Gasteiger charge is 2.27. The highest BCUT2D eigenvalue weighted by Crippen LogP contribution is 2.37. The fourth-order valence-electron chi connectivity index (χ4n) is 3.11. The molecular formula is C15H18FNO. The number of halogens is 1. The molecule has 3 rings (SSSR count). The Labute approximate surface area is 106 Å². The van der Waals surface area contributed by atoms with E-state index in [2.05, 4.69) is 12.2 Å². The van der Waals surface area contributed by atoms with E-state index in [9.17, 15) is 4.39 Å². The summed E-state index contributed by atoms with van der Waals surface area (Å²) in [6.45, 7) is 4.21. The molecule has 3 heteroatoms. The van der Waals surface area contributed by atoms with Gasteiger partial charge in [0.25, 0.3) is 0 Å². The second-order valence-corrected chi connectivity index (χ2v) is 5.10. The molecule has 0 spiro atoms. The van der Waals surface area contributed by atoms with Crippen LogP contribution in [-0.2, 0) is 0 Å². The summed E-state index contributed by atoms with van der Waals surface area (Å²) in [6.07, 6.45) is 3.81. The van der Waals surface area contributed by atoms with E-state index in [1.807, 2.05) is 6.07 Å². The highest BCUT2D eigenvalue weighted by molar-refractivity contribution is 5.81. The molecule has 1 aromatic heterocycles. The molecule has 0 unspecified atom stereocenters. The van der Waals surface area contributed by atoms with Gasteiger partial charge >= 0.3 is 0 Å². The van der Waals surface area contributed by atoms with Crippen LogP contribution in [0.4, 0.5) is 4.39 Å². The lowest BCUT2D eigenvalue weighted by Crippen LogP contribution is -2.35. The van der Waals surface area contributed by atoms with Crippen LogP contribution in [0.15, 0.2) is 28.9 Å². The van der Waals surface area contributed by atoms with Crippen molar-refractivity contribution in [3.05, 3.63) is 35.8 Å². The summed E-state index contributed by atoms with van der Waals surface area (Å²) >= 11 is 0. The van der Waals surface area contributed by atoms with Gasteiger partial charge in [-0.2, -0.15) is 0 Å². The zero-order valence-electron chi connectivity index (χ0n) is 10.6. The van der Waals surface area contributed by atoms with Crippen molar-refractivity contribution in [2.75, 3.05) is 13.1 Å². The van der Waals surface area contributed by atoms with Gasteiger partial charge in [-0.3, -0.25) is 0 Å². The Morgan fingerprint density at radius 1 is 1.44 bits per heavy atom. The number of piperidine rings is 1. The summed E-state index contributed by atoms with van der Waals surface area (Å²) in [6, 6.07) is 5.04. The topological polar surface area (TPSA) is 25.2 Å². The number of hydrogen-bond donors (Lipinski definition) is 1. The molecule has 2 heterocycles. The summed E-state index contributed by atoms with van der Waals surface area (Å²) in [4.78, 5) is 0. The summed E-state index contributed by atoms with van der Waals surface area (Å²) in [5.74, 6) is 0.807. The molecule has 2 atom stereocenters. The summed E-state index contributed by atoms with van der Waals surface area (Å²) in [5, 5.41) is 4.29. The molecule has 1 N–H and O–H groups in total. The van der Waals surface area contributed by atoms with E-state index in [-0.39, 0.29) is 5.82 Å². The molecule has 1 aliphatic heterocycles. The predicted molar refractivity (Wildman–Crippen MR) is 70.2 cm³/mol. The third kappa shape index (κ3) is 1.93. The van der Waals surface area contributed by atoms with Crippen molar-refractivity contribution >= 4 is 11.0 Å². The van der Waals surface area contributed by atoms with Crippen LogP contribution in [0.25, 0.3) is 11.0 Å². The number of nitrogens with one attached hydrogen (secondary N) is 1. The van der Waals surface area contributed by atoms with Crippen LogP contribution in [0.3, 0.4) is 0 Å². The van der Waals surface area contributed by atoms with Crippen LogP contribution in [0.1, 0.15) is 31.2 Å². The quantitative estimate of drug-likeness (QED) is 0.875. The van der Waals surface area contributed by atoms with Crippen molar-refractivity contribution < 1.29 is 8.81 Å². The number of benzene rings is 1. The van der Waals surface area contributed by atoms with Crippen LogP contribution >= 0.6 is 0 Å². The van der Waals surface area contributed by atoms with Gasteiger partial charge in [-0.25, -0.2) is 4.39 Å². The second kappa shape index (κ2) is 4.73. The van der Waals surface area contributed by atoms with Gasteiger partial charge in [0.15, 0.2) is 0 Å². The first kappa shape index (κ1) is 11.7. The zero-order valence-corrected chi connectivity index (χ0v) is 10.6. The number of furan rings is 1. The standard InChI is InChI=1S/C15H18FNO/c1-2-10-9-17-5-3-13(10)14-8-12(16)7-11-4-6-18-15(11)14/h4,6-8,10,13,17H,2-3,5,9H2,1H3/t10-,13+/m0/s1. The Morgan fingerprint density at radius 3 is 3.17 bits per heavy atom. The lowest BCUT2D eigenvalue weighted by atomic mass is 9.79. The molecule has 18 heavy (non-hydrogen) atoms. The molecule has 0 bridgehead atoms. The second-order valence-electron chi connectivity index (χ2n) is 5.10. The summed E-state index contributed by atoms with van der Waals surface area (Å²) < 4.78 is 19.3. The molecule has 0 aliphatic carbocycles. The molecule has 1 aromatic carbocycles. The van der Waals surface area contributed by atoms with E-state index >= 15 is 0 Å².